The van der Waals surface area contributed by atoms with Crippen molar-refractivity contribution in [1.82, 2.24) is 5.32 Å². The van der Waals surface area contributed by atoms with E-state index in [1.165, 1.54) is 12.1 Å². The summed E-state index contributed by atoms with van der Waals surface area (Å²) >= 11 is 5.82. The van der Waals surface area contributed by atoms with Crippen LogP contribution in [0.4, 0.5) is 5.69 Å². The first-order valence-corrected chi connectivity index (χ1v) is 9.54. The Kier molecular flexibility index (Phi) is 4.78. The molecule has 0 atom stereocenters. The van der Waals surface area contributed by atoms with Crippen LogP contribution in [0.3, 0.4) is 0 Å². The summed E-state index contributed by atoms with van der Waals surface area (Å²) in [5.74, 6) is -1.06. The Bertz CT molecular complexity index is 926. The van der Waals surface area contributed by atoms with E-state index >= 15 is 0 Å². The molecule has 0 bridgehead atoms. The highest BCUT2D eigenvalue weighted by molar-refractivity contribution is 7.94. The lowest BCUT2D eigenvalue weighted by Gasteiger charge is -2.15. The minimum Gasteiger partial charge on any atom is -0.348 e. The van der Waals surface area contributed by atoms with Gasteiger partial charge in [0.1, 0.15) is 0 Å². The van der Waals surface area contributed by atoms with Gasteiger partial charge in [0.05, 0.1) is 11.4 Å². The van der Waals surface area contributed by atoms with Crippen LogP contribution in [0.15, 0.2) is 48.5 Å². The fourth-order valence-electron chi connectivity index (χ4n) is 2.53. The third-order valence-corrected chi connectivity index (χ3v) is 5.73. The van der Waals surface area contributed by atoms with Gasteiger partial charge >= 0.3 is 0 Å². The smallest absolute Gasteiger partial charge is 0.251 e. The number of sulfonamides is 1. The highest BCUT2D eigenvalue weighted by Gasteiger charge is 2.36. The molecule has 0 radical (unpaired) electrons. The zero-order chi connectivity index (χ0) is 18.0. The Labute approximate surface area is 150 Å². The molecule has 6 nitrogen and oxygen atoms in total. The molecule has 130 valence electrons. The third kappa shape index (κ3) is 3.83. The number of anilines is 1. The Morgan fingerprint density at radius 3 is 2.52 bits per heavy atom. The predicted molar refractivity (Wildman–Crippen MR) is 95.0 cm³/mol. The van der Waals surface area contributed by atoms with Crippen molar-refractivity contribution in [3.63, 3.8) is 0 Å². The number of nitrogens with zero attached hydrogens (tertiary/aromatic N) is 1. The van der Waals surface area contributed by atoms with Crippen molar-refractivity contribution in [3.05, 3.63) is 64.7 Å². The lowest BCUT2D eigenvalue weighted by Crippen LogP contribution is -2.30. The van der Waals surface area contributed by atoms with E-state index in [9.17, 15) is 18.0 Å². The lowest BCUT2D eigenvalue weighted by molar-refractivity contribution is -0.116. The Balaban J connectivity index is 1.76. The number of benzene rings is 2. The fraction of sp³-hybridized carbons (Fsp3) is 0.176. The molecule has 2 aromatic carbocycles. The molecule has 3 rings (SSSR count). The van der Waals surface area contributed by atoms with E-state index in [1.807, 2.05) is 0 Å². The molecule has 0 spiro atoms. The van der Waals surface area contributed by atoms with Crippen LogP contribution in [0.2, 0.25) is 5.02 Å². The van der Waals surface area contributed by atoms with Gasteiger partial charge in [-0.15, -0.1) is 0 Å². The first-order chi connectivity index (χ1) is 11.9. The van der Waals surface area contributed by atoms with Crippen LogP contribution in [-0.4, -0.2) is 26.0 Å². The number of halogens is 1. The van der Waals surface area contributed by atoms with Gasteiger partial charge in [-0.2, -0.15) is 0 Å². The van der Waals surface area contributed by atoms with Gasteiger partial charge in [0.2, 0.25) is 15.9 Å². The molecule has 1 fully saturated rings. The molecule has 25 heavy (non-hydrogen) atoms. The van der Waals surface area contributed by atoms with Crippen molar-refractivity contribution in [2.75, 3.05) is 10.1 Å². The van der Waals surface area contributed by atoms with Gasteiger partial charge < -0.3 is 5.32 Å². The summed E-state index contributed by atoms with van der Waals surface area (Å²) in [5.41, 5.74) is 1.34. The van der Waals surface area contributed by atoms with Gasteiger partial charge in [-0.05, 0) is 35.9 Å². The molecule has 0 aliphatic carbocycles. The van der Waals surface area contributed by atoms with Gasteiger partial charge in [0, 0.05) is 23.6 Å². The summed E-state index contributed by atoms with van der Waals surface area (Å²) < 4.78 is 24.7. The van der Waals surface area contributed by atoms with Gasteiger partial charge in [-0.25, -0.2) is 12.7 Å². The second kappa shape index (κ2) is 6.85. The van der Waals surface area contributed by atoms with Crippen LogP contribution >= 0.6 is 11.6 Å². The SMILES string of the molecule is O=C(NCc1ccc(Cl)cc1)c1cccc(N2C(=O)CCS2(=O)=O)c1. The van der Waals surface area contributed by atoms with Gasteiger partial charge in [0.15, 0.2) is 0 Å². The summed E-state index contributed by atoms with van der Waals surface area (Å²) in [7, 11) is -3.65. The molecule has 8 heteroatoms. The molecular weight excluding hydrogens is 364 g/mol. The molecule has 1 N–H and O–H groups in total. The van der Waals surface area contributed by atoms with E-state index in [4.69, 9.17) is 11.6 Å². The first kappa shape index (κ1) is 17.4. The largest absolute Gasteiger partial charge is 0.348 e. The molecule has 1 heterocycles. The average molecular weight is 379 g/mol. The molecule has 1 saturated heterocycles. The molecule has 0 aromatic heterocycles. The lowest BCUT2D eigenvalue weighted by atomic mass is 10.1. The van der Waals surface area contributed by atoms with Gasteiger partial charge in [0.25, 0.3) is 5.91 Å². The monoisotopic (exact) mass is 378 g/mol. The van der Waals surface area contributed by atoms with Crippen LogP contribution in [0.5, 0.6) is 0 Å². The Morgan fingerprint density at radius 1 is 1.16 bits per heavy atom. The van der Waals surface area contributed by atoms with E-state index in [-0.39, 0.29) is 29.3 Å². The van der Waals surface area contributed by atoms with Gasteiger partial charge in [-0.3, -0.25) is 9.59 Å². The van der Waals surface area contributed by atoms with Crippen molar-refractivity contribution in [1.29, 1.82) is 0 Å². The van der Waals surface area contributed by atoms with E-state index in [0.717, 1.165) is 9.87 Å². The quantitative estimate of drug-likeness (QED) is 0.885. The van der Waals surface area contributed by atoms with Crippen molar-refractivity contribution in [2.24, 2.45) is 0 Å². The van der Waals surface area contributed by atoms with Crippen LogP contribution < -0.4 is 9.62 Å². The zero-order valence-electron chi connectivity index (χ0n) is 13.1. The number of rotatable bonds is 4. The minimum absolute atomic E-state index is 0.0463. The number of carbonyl (C=O) groups is 2. The summed E-state index contributed by atoms with van der Waals surface area (Å²) in [5, 5.41) is 3.36. The molecular formula is C17H15ClN2O4S. The summed E-state index contributed by atoms with van der Waals surface area (Å²) in [6, 6.07) is 13.1. The van der Waals surface area contributed by atoms with E-state index in [0.29, 0.717) is 11.6 Å². The molecule has 2 amide bonds. The van der Waals surface area contributed by atoms with E-state index in [2.05, 4.69) is 5.32 Å². The normalized spacial score (nSPS) is 16.0. The second-order valence-corrected chi connectivity index (χ2v) is 7.96. The van der Waals surface area contributed by atoms with Crippen LogP contribution in [0, 0.1) is 0 Å². The van der Waals surface area contributed by atoms with E-state index in [1.54, 1.807) is 36.4 Å². The number of hydrogen-bond donors (Lipinski definition) is 1. The number of hydrogen-bond acceptors (Lipinski definition) is 4. The van der Waals surface area contributed by atoms with Crippen molar-refractivity contribution in [2.45, 2.75) is 13.0 Å². The Morgan fingerprint density at radius 2 is 1.88 bits per heavy atom. The molecule has 2 aromatic rings. The third-order valence-electron chi connectivity index (χ3n) is 3.79. The average Bonchev–Trinajstić information content (AvgIpc) is 2.87. The van der Waals surface area contributed by atoms with Gasteiger partial charge in [-0.1, -0.05) is 29.8 Å². The maximum Gasteiger partial charge on any atom is 0.251 e. The van der Waals surface area contributed by atoms with Crippen molar-refractivity contribution >= 4 is 39.1 Å². The molecule has 0 saturated carbocycles. The van der Waals surface area contributed by atoms with Crippen molar-refractivity contribution in [3.8, 4) is 0 Å². The summed E-state index contributed by atoms with van der Waals surface area (Å²) in [4.78, 5) is 24.1. The maximum atomic E-state index is 12.3. The highest BCUT2D eigenvalue weighted by atomic mass is 35.5. The second-order valence-electron chi connectivity index (χ2n) is 5.58. The first-order valence-electron chi connectivity index (χ1n) is 7.55. The predicted octanol–water partition coefficient (Wildman–Crippen LogP) is 2.34. The summed E-state index contributed by atoms with van der Waals surface area (Å²) in [6.07, 6.45) is -0.0463. The topological polar surface area (TPSA) is 83.6 Å². The maximum absolute atomic E-state index is 12.3. The van der Waals surface area contributed by atoms with Crippen LogP contribution in [-0.2, 0) is 21.4 Å². The van der Waals surface area contributed by atoms with Crippen LogP contribution in [0.25, 0.3) is 0 Å². The zero-order valence-corrected chi connectivity index (χ0v) is 14.7. The van der Waals surface area contributed by atoms with Crippen LogP contribution in [0.1, 0.15) is 22.3 Å². The Hall–Kier alpha value is -2.38. The number of amides is 2. The molecule has 1 aliphatic heterocycles. The van der Waals surface area contributed by atoms with Crippen molar-refractivity contribution < 1.29 is 18.0 Å². The number of carbonyl (C=O) groups excluding carboxylic acids is 2. The standard InChI is InChI=1S/C17H15ClN2O4S/c18-14-6-4-12(5-7-14)11-19-17(22)13-2-1-3-15(10-13)20-16(21)8-9-25(20,23)24/h1-7,10H,8-9,11H2,(H,19,22). The molecule has 1 aliphatic rings. The fourth-order valence-corrected chi connectivity index (χ4v) is 4.11. The summed E-state index contributed by atoms with van der Waals surface area (Å²) in [6.45, 7) is 0.307. The minimum atomic E-state index is -3.65. The van der Waals surface area contributed by atoms with E-state index < -0.39 is 15.9 Å². The molecule has 0 unspecified atom stereocenters. The highest BCUT2D eigenvalue weighted by Crippen LogP contribution is 2.25. The number of nitrogens with one attached hydrogen (secondary N) is 1.